The molecule has 1 amide bonds. The molecule has 4 fully saturated rings. The summed E-state index contributed by atoms with van der Waals surface area (Å²) < 4.78 is 16.3. The van der Waals surface area contributed by atoms with Crippen LogP contribution in [0.25, 0.3) is 0 Å². The molecule has 0 saturated heterocycles. The Hall–Kier alpha value is -1.91. The summed E-state index contributed by atoms with van der Waals surface area (Å²) in [6, 6.07) is 3.79. The third kappa shape index (κ3) is 3.23. The molecule has 0 atom stereocenters. The van der Waals surface area contributed by atoms with Crippen molar-refractivity contribution in [2.24, 2.45) is 17.8 Å². The van der Waals surface area contributed by atoms with Crippen molar-refractivity contribution in [3.8, 4) is 17.2 Å². The van der Waals surface area contributed by atoms with Crippen LogP contribution in [-0.2, 0) is 11.2 Å². The molecule has 154 valence electrons. The van der Waals surface area contributed by atoms with Gasteiger partial charge in [0.05, 0.1) is 27.8 Å². The van der Waals surface area contributed by atoms with Gasteiger partial charge in [0.15, 0.2) is 11.5 Å². The van der Waals surface area contributed by atoms with E-state index in [0.29, 0.717) is 23.7 Å². The lowest BCUT2D eigenvalue weighted by atomic mass is 9.52. The molecule has 0 heterocycles. The van der Waals surface area contributed by atoms with Crippen LogP contribution >= 0.6 is 0 Å². The zero-order valence-corrected chi connectivity index (χ0v) is 17.6. The molecule has 0 radical (unpaired) electrons. The molecular weight excluding hydrogens is 354 g/mol. The molecule has 1 aromatic rings. The van der Waals surface area contributed by atoms with Gasteiger partial charge in [-0.1, -0.05) is 0 Å². The summed E-state index contributed by atoms with van der Waals surface area (Å²) in [5, 5.41) is 0. The van der Waals surface area contributed by atoms with Crippen molar-refractivity contribution in [1.82, 2.24) is 4.90 Å². The Bertz CT molecular complexity index is 684. The number of likely N-dealkylation sites (N-methyl/N-ethyl adjacent to an activating group) is 1. The molecule has 5 heteroatoms. The van der Waals surface area contributed by atoms with Crippen molar-refractivity contribution in [1.29, 1.82) is 0 Å². The van der Waals surface area contributed by atoms with Crippen LogP contribution in [0, 0.1) is 17.8 Å². The molecule has 4 aliphatic rings. The van der Waals surface area contributed by atoms with Crippen LogP contribution in [0.1, 0.15) is 51.0 Å². The molecule has 4 aliphatic carbocycles. The van der Waals surface area contributed by atoms with Crippen LogP contribution in [0.5, 0.6) is 17.2 Å². The van der Waals surface area contributed by atoms with Crippen molar-refractivity contribution in [2.75, 3.05) is 27.9 Å². The highest BCUT2D eigenvalue weighted by molar-refractivity contribution is 5.80. The third-order valence-electron chi connectivity index (χ3n) is 7.28. The fourth-order valence-electron chi connectivity index (χ4n) is 6.68. The summed E-state index contributed by atoms with van der Waals surface area (Å²) in [7, 11) is 4.81. The van der Waals surface area contributed by atoms with Gasteiger partial charge in [-0.15, -0.1) is 0 Å². The van der Waals surface area contributed by atoms with E-state index in [4.69, 9.17) is 14.2 Å². The molecule has 5 nitrogen and oxygen atoms in total. The van der Waals surface area contributed by atoms with Crippen molar-refractivity contribution >= 4 is 5.91 Å². The first-order valence-electron chi connectivity index (χ1n) is 10.6. The molecule has 4 saturated carbocycles. The number of carbonyl (C=O) groups excluding carboxylic acids is 1. The summed E-state index contributed by atoms with van der Waals surface area (Å²) in [6.07, 6.45) is 8.13. The van der Waals surface area contributed by atoms with E-state index in [9.17, 15) is 4.79 Å². The third-order valence-corrected chi connectivity index (χ3v) is 7.28. The lowest BCUT2D eigenvalue weighted by Crippen LogP contribution is -2.61. The Kier molecular flexibility index (Phi) is 5.19. The Balaban J connectivity index is 1.57. The highest BCUT2D eigenvalue weighted by atomic mass is 16.5. The normalized spacial score (nSPS) is 30.2. The molecular formula is C23H33NO4. The number of amides is 1. The number of benzene rings is 1. The van der Waals surface area contributed by atoms with Crippen LogP contribution in [0.15, 0.2) is 12.1 Å². The second-order valence-corrected chi connectivity index (χ2v) is 8.99. The molecule has 0 N–H and O–H groups in total. The number of ether oxygens (including phenoxy) is 3. The zero-order valence-electron chi connectivity index (χ0n) is 17.6. The van der Waals surface area contributed by atoms with Gasteiger partial charge in [0.2, 0.25) is 11.7 Å². The van der Waals surface area contributed by atoms with Gasteiger partial charge in [-0.05, 0) is 80.9 Å². The Morgan fingerprint density at radius 2 is 1.46 bits per heavy atom. The molecule has 5 rings (SSSR count). The van der Waals surface area contributed by atoms with Crippen molar-refractivity contribution in [2.45, 2.75) is 57.4 Å². The second kappa shape index (κ2) is 7.49. The lowest BCUT2D eigenvalue weighted by molar-refractivity contribution is -0.149. The maximum absolute atomic E-state index is 13.4. The highest BCUT2D eigenvalue weighted by Crippen LogP contribution is 2.57. The average molecular weight is 388 g/mol. The topological polar surface area (TPSA) is 48.0 Å². The minimum atomic E-state index is 0.0984. The van der Waals surface area contributed by atoms with E-state index in [0.717, 1.165) is 29.9 Å². The average Bonchev–Trinajstić information content (AvgIpc) is 2.66. The van der Waals surface area contributed by atoms with Crippen LogP contribution < -0.4 is 14.2 Å². The Morgan fingerprint density at radius 3 is 1.86 bits per heavy atom. The number of hydrogen-bond donors (Lipinski definition) is 0. The van der Waals surface area contributed by atoms with E-state index in [1.807, 2.05) is 12.1 Å². The molecule has 0 spiro atoms. The van der Waals surface area contributed by atoms with Crippen molar-refractivity contribution < 1.29 is 19.0 Å². The van der Waals surface area contributed by atoms with E-state index in [1.165, 1.54) is 38.5 Å². The molecule has 0 unspecified atom stereocenters. The smallest absolute Gasteiger partial charge is 0.227 e. The van der Waals surface area contributed by atoms with Crippen LogP contribution in [-0.4, -0.2) is 44.2 Å². The predicted molar refractivity (Wildman–Crippen MR) is 108 cm³/mol. The lowest BCUT2D eigenvalue weighted by Gasteiger charge is -2.60. The molecule has 28 heavy (non-hydrogen) atoms. The summed E-state index contributed by atoms with van der Waals surface area (Å²) in [6.45, 7) is 2.92. The Labute approximate surface area is 168 Å². The molecule has 1 aromatic carbocycles. The minimum Gasteiger partial charge on any atom is -0.493 e. The molecule has 0 aromatic heterocycles. The maximum atomic E-state index is 13.4. The summed E-state index contributed by atoms with van der Waals surface area (Å²) in [5.41, 5.74) is 1.00. The van der Waals surface area contributed by atoms with Crippen LogP contribution in [0.3, 0.4) is 0 Å². The zero-order chi connectivity index (χ0) is 19.9. The fraction of sp³-hybridized carbons (Fsp3) is 0.696. The van der Waals surface area contributed by atoms with Gasteiger partial charge in [-0.2, -0.15) is 0 Å². The van der Waals surface area contributed by atoms with E-state index < -0.39 is 0 Å². The van der Waals surface area contributed by atoms with E-state index in [-0.39, 0.29) is 11.4 Å². The standard InChI is InChI=1S/C23H33NO4/c1-5-24(23-12-16-6-17(13-23)8-18(7-16)14-23)21(25)11-15-9-19(26-2)22(28-4)20(10-15)27-3/h9-10,16-18H,5-8,11-14H2,1-4H3. The highest BCUT2D eigenvalue weighted by Gasteiger charge is 2.54. The van der Waals surface area contributed by atoms with Crippen LogP contribution in [0.2, 0.25) is 0 Å². The SMILES string of the molecule is CCN(C(=O)Cc1cc(OC)c(OC)c(OC)c1)C12CC3CC(CC(C3)C1)C2. The van der Waals surface area contributed by atoms with E-state index >= 15 is 0 Å². The number of hydrogen-bond acceptors (Lipinski definition) is 4. The number of methoxy groups -OCH3 is 3. The first-order valence-corrected chi connectivity index (χ1v) is 10.6. The minimum absolute atomic E-state index is 0.0984. The van der Waals surface area contributed by atoms with Gasteiger partial charge < -0.3 is 19.1 Å². The van der Waals surface area contributed by atoms with Gasteiger partial charge in [0.25, 0.3) is 0 Å². The predicted octanol–water partition coefficient (Wildman–Crippen LogP) is 4.07. The van der Waals surface area contributed by atoms with E-state index in [1.54, 1.807) is 21.3 Å². The number of nitrogens with zero attached hydrogens (tertiary/aromatic N) is 1. The van der Waals surface area contributed by atoms with Gasteiger partial charge in [0, 0.05) is 12.1 Å². The molecule has 4 bridgehead atoms. The van der Waals surface area contributed by atoms with Gasteiger partial charge in [0.1, 0.15) is 0 Å². The first kappa shape index (κ1) is 19.4. The molecule has 0 aliphatic heterocycles. The largest absolute Gasteiger partial charge is 0.493 e. The van der Waals surface area contributed by atoms with Gasteiger partial charge in [-0.3, -0.25) is 4.79 Å². The number of carbonyl (C=O) groups is 1. The van der Waals surface area contributed by atoms with Crippen molar-refractivity contribution in [3.05, 3.63) is 17.7 Å². The quantitative estimate of drug-likeness (QED) is 0.708. The maximum Gasteiger partial charge on any atom is 0.227 e. The summed E-state index contributed by atoms with van der Waals surface area (Å²) in [5.74, 6) is 4.47. The summed E-state index contributed by atoms with van der Waals surface area (Å²) >= 11 is 0. The van der Waals surface area contributed by atoms with E-state index in [2.05, 4.69) is 11.8 Å². The Morgan fingerprint density at radius 1 is 0.964 bits per heavy atom. The first-order chi connectivity index (χ1) is 13.5. The monoisotopic (exact) mass is 387 g/mol. The second-order valence-electron chi connectivity index (χ2n) is 8.99. The van der Waals surface area contributed by atoms with Gasteiger partial charge in [-0.25, -0.2) is 0 Å². The van der Waals surface area contributed by atoms with Crippen LogP contribution in [0.4, 0.5) is 0 Å². The van der Waals surface area contributed by atoms with Crippen molar-refractivity contribution in [3.63, 3.8) is 0 Å². The number of rotatable bonds is 7. The fourth-order valence-corrected chi connectivity index (χ4v) is 6.68. The van der Waals surface area contributed by atoms with Gasteiger partial charge >= 0.3 is 0 Å². The summed E-state index contributed by atoms with van der Waals surface area (Å²) in [4.78, 5) is 15.6.